The Morgan fingerprint density at radius 2 is 2.70 bits per heavy atom. The van der Waals surface area contributed by atoms with Gasteiger partial charge in [0.25, 0.3) is 0 Å². The van der Waals surface area contributed by atoms with Crippen LogP contribution in [0, 0.1) is 0 Å². The van der Waals surface area contributed by atoms with Crippen molar-refractivity contribution < 1.29 is 4.84 Å². The number of nitrogens with zero attached hydrogens (tertiary/aromatic N) is 1. The molecule has 0 saturated heterocycles. The van der Waals surface area contributed by atoms with Crippen LogP contribution < -0.4 is 5.32 Å². The lowest BCUT2D eigenvalue weighted by Crippen LogP contribution is -2.25. The molecule has 2 heterocycles. The van der Waals surface area contributed by atoms with Crippen LogP contribution in [0.1, 0.15) is 6.42 Å². The molecule has 10 heavy (non-hydrogen) atoms. The van der Waals surface area contributed by atoms with Gasteiger partial charge in [-0.3, -0.25) is 0 Å². The lowest BCUT2D eigenvalue weighted by Gasteiger charge is -2.17. The largest absolute Gasteiger partial charge is 0.352 e. The molecule has 0 saturated carbocycles. The Hall–Kier alpha value is -1.05. The van der Waals surface area contributed by atoms with Crippen molar-refractivity contribution in [2.75, 3.05) is 13.1 Å². The summed E-state index contributed by atoms with van der Waals surface area (Å²) in [5.41, 5.74) is 1.23. The summed E-state index contributed by atoms with van der Waals surface area (Å²) in [6.45, 7) is 1.83. The molecule has 0 unspecified atom stereocenters. The van der Waals surface area contributed by atoms with Crippen molar-refractivity contribution in [1.29, 1.82) is 0 Å². The SMILES string of the molecule is C1=CC2=C(CNCC2)ON=1. The first-order valence-corrected chi connectivity index (χ1v) is 3.35. The molecule has 0 fully saturated rings. The smallest absolute Gasteiger partial charge is 0.153 e. The van der Waals surface area contributed by atoms with Crippen molar-refractivity contribution in [2.24, 2.45) is 5.16 Å². The Bertz CT molecular complexity index is 236. The third-order valence-electron chi connectivity index (χ3n) is 1.66. The van der Waals surface area contributed by atoms with Crippen LogP contribution in [-0.4, -0.2) is 19.0 Å². The van der Waals surface area contributed by atoms with E-state index >= 15 is 0 Å². The second kappa shape index (κ2) is 2.29. The van der Waals surface area contributed by atoms with Crippen LogP contribution in [0.15, 0.2) is 22.6 Å². The van der Waals surface area contributed by atoms with Crippen LogP contribution in [0.25, 0.3) is 0 Å². The molecule has 0 spiro atoms. The molecule has 0 aromatic carbocycles. The van der Waals surface area contributed by atoms with Gasteiger partial charge in [-0.2, -0.15) is 0 Å². The second-order valence-corrected chi connectivity index (χ2v) is 2.33. The highest BCUT2D eigenvalue weighted by Crippen LogP contribution is 2.16. The van der Waals surface area contributed by atoms with Gasteiger partial charge in [-0.05, 0) is 18.1 Å². The van der Waals surface area contributed by atoms with Crippen molar-refractivity contribution in [3.05, 3.63) is 17.4 Å². The third-order valence-corrected chi connectivity index (χ3v) is 1.66. The van der Waals surface area contributed by atoms with Gasteiger partial charge in [0.15, 0.2) is 5.76 Å². The van der Waals surface area contributed by atoms with Crippen LogP contribution in [0.2, 0.25) is 0 Å². The normalized spacial score (nSPS) is 22.4. The zero-order chi connectivity index (χ0) is 6.81. The van der Waals surface area contributed by atoms with Gasteiger partial charge in [0.1, 0.15) is 0 Å². The second-order valence-electron chi connectivity index (χ2n) is 2.33. The molecule has 2 aliphatic heterocycles. The van der Waals surface area contributed by atoms with Gasteiger partial charge < -0.3 is 10.2 Å². The van der Waals surface area contributed by atoms with Crippen molar-refractivity contribution in [3.8, 4) is 0 Å². The number of allylic oxidation sites excluding steroid dienone is 1. The average molecular weight is 136 g/mol. The topological polar surface area (TPSA) is 33.6 Å². The number of hydrogen-bond acceptors (Lipinski definition) is 3. The van der Waals surface area contributed by atoms with Gasteiger partial charge in [-0.25, -0.2) is 0 Å². The molecule has 0 atom stereocenters. The molecule has 52 valence electrons. The van der Waals surface area contributed by atoms with E-state index in [0.29, 0.717) is 0 Å². The molecular weight excluding hydrogens is 128 g/mol. The summed E-state index contributed by atoms with van der Waals surface area (Å²) in [6, 6.07) is 0. The minimum Gasteiger partial charge on any atom is -0.352 e. The van der Waals surface area contributed by atoms with E-state index in [1.807, 2.05) is 6.08 Å². The van der Waals surface area contributed by atoms with Crippen molar-refractivity contribution in [1.82, 2.24) is 5.32 Å². The third kappa shape index (κ3) is 0.856. The van der Waals surface area contributed by atoms with E-state index in [1.165, 1.54) is 5.57 Å². The molecule has 1 N–H and O–H groups in total. The predicted octanol–water partition coefficient (Wildman–Crippen LogP) is 0.405. The van der Waals surface area contributed by atoms with E-state index < -0.39 is 0 Å². The summed E-state index contributed by atoms with van der Waals surface area (Å²) in [5, 5.41) is 6.75. The van der Waals surface area contributed by atoms with Gasteiger partial charge in [0.05, 0.1) is 6.54 Å². The van der Waals surface area contributed by atoms with Crippen molar-refractivity contribution in [3.63, 3.8) is 0 Å². The molecule has 0 radical (unpaired) electrons. The molecule has 3 nitrogen and oxygen atoms in total. The maximum absolute atomic E-state index is 4.98. The molecule has 0 aromatic heterocycles. The average Bonchev–Trinajstić information content (AvgIpc) is 2.05. The first-order valence-electron chi connectivity index (χ1n) is 3.35. The van der Waals surface area contributed by atoms with Gasteiger partial charge in [0.2, 0.25) is 0 Å². The van der Waals surface area contributed by atoms with Crippen LogP contribution >= 0.6 is 0 Å². The molecule has 3 heteroatoms. The van der Waals surface area contributed by atoms with E-state index in [2.05, 4.69) is 16.3 Å². The Morgan fingerprint density at radius 3 is 3.60 bits per heavy atom. The molecule has 2 aliphatic rings. The summed E-state index contributed by atoms with van der Waals surface area (Å²) < 4.78 is 0. The van der Waals surface area contributed by atoms with Crippen LogP contribution in [0.3, 0.4) is 0 Å². The fourth-order valence-electron chi connectivity index (χ4n) is 1.11. The molecule has 0 aliphatic carbocycles. The first kappa shape index (κ1) is 5.71. The van der Waals surface area contributed by atoms with E-state index in [9.17, 15) is 0 Å². The first-order chi connectivity index (χ1) is 4.97. The quantitative estimate of drug-likeness (QED) is 0.523. The van der Waals surface area contributed by atoms with E-state index in [0.717, 1.165) is 25.3 Å². The molecule has 2 rings (SSSR count). The van der Waals surface area contributed by atoms with E-state index in [4.69, 9.17) is 4.84 Å². The maximum Gasteiger partial charge on any atom is 0.153 e. The van der Waals surface area contributed by atoms with Crippen LogP contribution in [0.4, 0.5) is 0 Å². The number of nitrogens with one attached hydrogen (secondary N) is 1. The summed E-state index contributed by atoms with van der Waals surface area (Å²) in [5.74, 6) is 3.63. The van der Waals surface area contributed by atoms with E-state index in [1.54, 1.807) is 0 Å². The Kier molecular flexibility index (Phi) is 1.31. The van der Waals surface area contributed by atoms with Crippen LogP contribution in [-0.2, 0) is 4.84 Å². The molecule has 0 aromatic rings. The van der Waals surface area contributed by atoms with Gasteiger partial charge in [0, 0.05) is 17.5 Å². The van der Waals surface area contributed by atoms with Gasteiger partial charge in [-0.1, -0.05) is 0 Å². The minimum absolute atomic E-state index is 0.803. The highest BCUT2D eigenvalue weighted by atomic mass is 16.6. The van der Waals surface area contributed by atoms with Gasteiger partial charge >= 0.3 is 0 Å². The fraction of sp³-hybridized carbons (Fsp3) is 0.429. The summed E-state index contributed by atoms with van der Waals surface area (Å²) in [4.78, 5) is 4.98. The lowest BCUT2D eigenvalue weighted by atomic mass is 10.1. The number of rotatable bonds is 0. The number of hydrogen-bond donors (Lipinski definition) is 1. The highest BCUT2D eigenvalue weighted by Gasteiger charge is 2.12. The Morgan fingerprint density at radius 1 is 1.70 bits per heavy atom. The minimum atomic E-state index is 0.803. The monoisotopic (exact) mass is 136 g/mol. The highest BCUT2D eigenvalue weighted by molar-refractivity contribution is 5.59. The Labute approximate surface area is 59.1 Å². The van der Waals surface area contributed by atoms with Gasteiger partial charge in [-0.15, -0.1) is 0 Å². The summed E-state index contributed by atoms with van der Waals surface area (Å²) >= 11 is 0. The molecule has 0 bridgehead atoms. The lowest BCUT2D eigenvalue weighted by molar-refractivity contribution is 0.210. The van der Waals surface area contributed by atoms with Crippen molar-refractivity contribution in [2.45, 2.75) is 6.42 Å². The molecule has 0 amide bonds. The zero-order valence-corrected chi connectivity index (χ0v) is 5.55. The standard InChI is InChI=1S/C7H8N2O/c1-3-8-5-7-6(1)2-4-9-10-7/h2,8H,1,3,5H2. The van der Waals surface area contributed by atoms with Crippen LogP contribution in [0.5, 0.6) is 0 Å². The summed E-state index contributed by atoms with van der Waals surface area (Å²) in [6.07, 6.45) is 2.91. The zero-order valence-electron chi connectivity index (χ0n) is 5.55. The van der Waals surface area contributed by atoms with Crippen molar-refractivity contribution >= 4 is 5.87 Å². The Balaban J connectivity index is 2.30. The van der Waals surface area contributed by atoms with E-state index in [-0.39, 0.29) is 0 Å². The summed E-state index contributed by atoms with van der Waals surface area (Å²) in [7, 11) is 0. The molecular formula is C7H8N2O. The predicted molar refractivity (Wildman–Crippen MR) is 37.6 cm³/mol. The maximum atomic E-state index is 4.98. The fourth-order valence-corrected chi connectivity index (χ4v) is 1.11.